The lowest BCUT2D eigenvalue weighted by Gasteiger charge is -2.44. The quantitative estimate of drug-likeness (QED) is 0.405. The second kappa shape index (κ2) is 8.08. The standard InChI is InChI=1S/C29H27N3O3/c1-19-14-20(2)27-24(33)17-29(35-25(27)15-19)9-12-31(13-10-29)28(34)22-8-11-32-18-23(30-26(32)16-22)21-6-4-3-5-7-21/h3-8,11,14-16,18H,9-10,12-13,17H2,1-2H3. The number of hydrogen-bond acceptors (Lipinski definition) is 4. The van der Waals surface area contributed by atoms with Gasteiger partial charge < -0.3 is 14.0 Å². The number of pyridine rings is 1. The van der Waals surface area contributed by atoms with Gasteiger partial charge in [-0.2, -0.15) is 0 Å². The molecule has 1 amide bonds. The molecule has 2 aliphatic rings. The summed E-state index contributed by atoms with van der Waals surface area (Å²) in [5.74, 6) is 0.820. The molecule has 4 aromatic rings. The molecule has 2 aromatic carbocycles. The Hall–Kier alpha value is -3.93. The summed E-state index contributed by atoms with van der Waals surface area (Å²) >= 11 is 0. The zero-order valence-corrected chi connectivity index (χ0v) is 20.0. The van der Waals surface area contributed by atoms with Gasteiger partial charge in [0, 0.05) is 49.5 Å². The molecule has 2 aromatic heterocycles. The van der Waals surface area contributed by atoms with Crippen LogP contribution < -0.4 is 4.74 Å². The van der Waals surface area contributed by atoms with E-state index in [1.54, 1.807) is 0 Å². The number of fused-ring (bicyclic) bond motifs is 2. The minimum Gasteiger partial charge on any atom is -0.486 e. The molecule has 0 aliphatic carbocycles. The SMILES string of the molecule is Cc1cc(C)c2c(c1)OC1(CCN(C(=O)c3ccn4cc(-c5ccccc5)nc4c3)CC1)CC2=O. The molecule has 0 unspecified atom stereocenters. The summed E-state index contributed by atoms with van der Waals surface area (Å²) in [6.07, 6.45) is 5.51. The third-order valence-electron chi connectivity index (χ3n) is 7.27. The van der Waals surface area contributed by atoms with Crippen molar-refractivity contribution in [2.24, 2.45) is 0 Å². The number of imidazole rings is 1. The van der Waals surface area contributed by atoms with Crippen LogP contribution in [0.4, 0.5) is 0 Å². The smallest absolute Gasteiger partial charge is 0.254 e. The number of rotatable bonds is 2. The molecule has 0 atom stereocenters. The number of carbonyl (C=O) groups is 2. The van der Waals surface area contributed by atoms with Crippen molar-refractivity contribution in [3.63, 3.8) is 0 Å². The fourth-order valence-electron chi connectivity index (χ4n) is 5.46. The molecular weight excluding hydrogens is 438 g/mol. The predicted octanol–water partition coefficient (Wildman–Crippen LogP) is 5.26. The summed E-state index contributed by atoms with van der Waals surface area (Å²) in [5, 5.41) is 0. The molecule has 0 N–H and O–H groups in total. The van der Waals surface area contributed by atoms with Crippen molar-refractivity contribution in [2.75, 3.05) is 13.1 Å². The maximum Gasteiger partial charge on any atom is 0.254 e. The lowest BCUT2D eigenvalue weighted by molar-refractivity contribution is -0.00581. The van der Waals surface area contributed by atoms with E-state index in [-0.39, 0.29) is 11.7 Å². The van der Waals surface area contributed by atoms with E-state index in [1.807, 2.05) is 90.1 Å². The molecule has 176 valence electrons. The highest BCUT2D eigenvalue weighted by Gasteiger charge is 2.44. The van der Waals surface area contributed by atoms with Crippen molar-refractivity contribution >= 4 is 17.3 Å². The first-order valence-electron chi connectivity index (χ1n) is 12.1. The fraction of sp³-hybridized carbons (Fsp3) is 0.276. The number of ether oxygens (including phenoxy) is 1. The van der Waals surface area contributed by atoms with Crippen LogP contribution in [0.2, 0.25) is 0 Å². The summed E-state index contributed by atoms with van der Waals surface area (Å²) in [4.78, 5) is 32.9. The van der Waals surface area contributed by atoms with Crippen LogP contribution in [0.3, 0.4) is 0 Å². The van der Waals surface area contributed by atoms with E-state index in [1.165, 1.54) is 0 Å². The van der Waals surface area contributed by atoms with Gasteiger partial charge in [-0.05, 0) is 43.2 Å². The lowest BCUT2D eigenvalue weighted by Crippen LogP contribution is -2.52. The summed E-state index contributed by atoms with van der Waals surface area (Å²) in [6.45, 7) is 5.09. The summed E-state index contributed by atoms with van der Waals surface area (Å²) in [7, 11) is 0. The highest BCUT2D eigenvalue weighted by molar-refractivity contribution is 6.02. The Morgan fingerprint density at radius 3 is 2.57 bits per heavy atom. The van der Waals surface area contributed by atoms with Crippen molar-refractivity contribution in [2.45, 2.75) is 38.7 Å². The molecular formula is C29H27N3O3. The van der Waals surface area contributed by atoms with Crippen molar-refractivity contribution in [1.82, 2.24) is 14.3 Å². The van der Waals surface area contributed by atoms with Gasteiger partial charge in [-0.1, -0.05) is 36.4 Å². The van der Waals surface area contributed by atoms with Crippen molar-refractivity contribution in [3.05, 3.63) is 89.2 Å². The predicted molar refractivity (Wildman–Crippen MR) is 134 cm³/mol. The zero-order chi connectivity index (χ0) is 24.2. The fourth-order valence-corrected chi connectivity index (χ4v) is 5.46. The Balaban J connectivity index is 1.19. The van der Waals surface area contributed by atoms with Crippen molar-refractivity contribution in [1.29, 1.82) is 0 Å². The van der Waals surface area contributed by atoms with Gasteiger partial charge in [-0.3, -0.25) is 9.59 Å². The topological polar surface area (TPSA) is 63.9 Å². The van der Waals surface area contributed by atoms with Crippen molar-refractivity contribution < 1.29 is 14.3 Å². The number of nitrogens with zero attached hydrogens (tertiary/aromatic N) is 3. The minimum atomic E-state index is -0.529. The third-order valence-corrected chi connectivity index (χ3v) is 7.27. The van der Waals surface area contributed by atoms with Crippen LogP contribution >= 0.6 is 0 Å². The molecule has 6 nitrogen and oxygen atoms in total. The summed E-state index contributed by atoms with van der Waals surface area (Å²) < 4.78 is 8.39. The minimum absolute atomic E-state index is 0.0131. The van der Waals surface area contributed by atoms with Crippen LogP contribution in [0.15, 0.2) is 67.0 Å². The number of piperidine rings is 1. The highest BCUT2D eigenvalue weighted by atomic mass is 16.5. The van der Waals surface area contributed by atoms with Gasteiger partial charge in [-0.15, -0.1) is 0 Å². The second-order valence-corrected chi connectivity index (χ2v) is 9.81. The Morgan fingerprint density at radius 2 is 1.80 bits per heavy atom. The van der Waals surface area contributed by atoms with Gasteiger partial charge >= 0.3 is 0 Å². The van der Waals surface area contributed by atoms with E-state index in [2.05, 4.69) is 0 Å². The molecule has 1 spiro atoms. The molecule has 1 fully saturated rings. The van der Waals surface area contributed by atoms with E-state index in [0.29, 0.717) is 49.2 Å². The normalized spacial score (nSPS) is 16.9. The van der Waals surface area contributed by atoms with Crippen LogP contribution in [0, 0.1) is 13.8 Å². The number of aryl methyl sites for hydroxylation is 2. The van der Waals surface area contributed by atoms with E-state index in [9.17, 15) is 9.59 Å². The van der Waals surface area contributed by atoms with Gasteiger partial charge in [0.1, 0.15) is 17.0 Å². The van der Waals surface area contributed by atoms with Gasteiger partial charge in [0.15, 0.2) is 5.78 Å². The molecule has 0 bridgehead atoms. The van der Waals surface area contributed by atoms with E-state index in [4.69, 9.17) is 9.72 Å². The molecule has 1 saturated heterocycles. The monoisotopic (exact) mass is 465 g/mol. The highest BCUT2D eigenvalue weighted by Crippen LogP contribution is 2.41. The third kappa shape index (κ3) is 3.79. The Kier molecular flexibility index (Phi) is 4.99. The van der Waals surface area contributed by atoms with E-state index in [0.717, 1.165) is 28.0 Å². The molecule has 35 heavy (non-hydrogen) atoms. The molecule has 6 rings (SSSR count). The maximum absolute atomic E-state index is 13.3. The number of Topliss-reactive ketones (excluding diaryl/α,β-unsaturated/α-hetero) is 1. The van der Waals surface area contributed by atoms with Crippen molar-refractivity contribution in [3.8, 4) is 17.0 Å². The van der Waals surface area contributed by atoms with Crippen LogP contribution in [0.1, 0.15) is 51.1 Å². The number of benzene rings is 2. The van der Waals surface area contributed by atoms with Gasteiger partial charge in [0.2, 0.25) is 0 Å². The largest absolute Gasteiger partial charge is 0.486 e. The van der Waals surface area contributed by atoms with E-state index >= 15 is 0 Å². The Bertz CT molecular complexity index is 1460. The molecule has 6 heteroatoms. The number of aromatic nitrogens is 2. The number of likely N-dealkylation sites (tertiary alicyclic amines) is 1. The first-order valence-corrected chi connectivity index (χ1v) is 12.1. The zero-order valence-electron chi connectivity index (χ0n) is 20.0. The summed E-state index contributed by atoms with van der Waals surface area (Å²) in [5.41, 5.74) is 5.52. The first-order chi connectivity index (χ1) is 16.9. The van der Waals surface area contributed by atoms with E-state index < -0.39 is 5.60 Å². The molecule has 4 heterocycles. The van der Waals surface area contributed by atoms with Gasteiger partial charge in [0.25, 0.3) is 5.91 Å². The Labute approximate surface area is 204 Å². The molecule has 0 saturated carbocycles. The number of amides is 1. The molecule has 0 radical (unpaired) electrons. The van der Waals surface area contributed by atoms with Gasteiger partial charge in [0.05, 0.1) is 17.7 Å². The molecule has 2 aliphatic heterocycles. The average molecular weight is 466 g/mol. The van der Waals surface area contributed by atoms with Crippen LogP contribution in [0.25, 0.3) is 16.9 Å². The lowest BCUT2D eigenvalue weighted by atomic mass is 9.81. The number of hydrogen-bond donors (Lipinski definition) is 0. The maximum atomic E-state index is 13.3. The Morgan fingerprint density at radius 1 is 1.03 bits per heavy atom. The second-order valence-electron chi connectivity index (χ2n) is 9.81. The van der Waals surface area contributed by atoms with Crippen LogP contribution in [0.5, 0.6) is 5.75 Å². The van der Waals surface area contributed by atoms with Crippen LogP contribution in [-0.2, 0) is 0 Å². The van der Waals surface area contributed by atoms with Crippen LogP contribution in [-0.4, -0.2) is 44.7 Å². The van der Waals surface area contributed by atoms with Gasteiger partial charge in [-0.25, -0.2) is 4.98 Å². The number of ketones is 1. The summed E-state index contributed by atoms with van der Waals surface area (Å²) in [6, 6.07) is 17.7. The number of carbonyl (C=O) groups excluding carboxylic acids is 2. The first kappa shape index (κ1) is 21.6. The average Bonchev–Trinajstić information content (AvgIpc) is 3.27.